The zero-order chi connectivity index (χ0) is 21.0. The van der Waals surface area contributed by atoms with Crippen LogP contribution in [0.5, 0.6) is 5.75 Å². The van der Waals surface area contributed by atoms with Crippen LogP contribution >= 0.6 is 12.2 Å². The van der Waals surface area contributed by atoms with Crippen LogP contribution in [-0.4, -0.2) is 58.1 Å². The van der Waals surface area contributed by atoms with Crippen molar-refractivity contribution in [3.05, 3.63) is 48.0 Å². The van der Waals surface area contributed by atoms with Gasteiger partial charge in [-0.1, -0.05) is 19.1 Å². The molecule has 2 aliphatic heterocycles. The number of hydrogen-bond donors (Lipinski definition) is 1. The lowest BCUT2D eigenvalue weighted by Gasteiger charge is -2.19. The molecule has 154 valence electrons. The summed E-state index contributed by atoms with van der Waals surface area (Å²) in [6.45, 7) is 2.67. The third kappa shape index (κ3) is 4.25. The fourth-order valence-corrected chi connectivity index (χ4v) is 3.61. The second-order valence-electron chi connectivity index (χ2n) is 6.51. The zero-order valence-electron chi connectivity index (χ0n) is 16.0. The number of aliphatic hydroxyl groups excluding tert-OH is 1. The maximum Gasteiger partial charge on any atom is 0.276 e. The molecule has 1 aromatic rings. The molecule has 0 aromatic heterocycles. The number of aliphatic hydroxyl groups is 1. The SMILES string of the molecule is CCCN1C(=O)/C(=C\C=C2/Oc3ccccc3N2CCC(=O)[O-])N(CCO)C1=S. The molecule has 0 aliphatic carbocycles. The first-order chi connectivity index (χ1) is 14.0. The Morgan fingerprint density at radius 3 is 2.62 bits per heavy atom. The molecule has 0 saturated carbocycles. The fraction of sp³-hybridized carbons (Fsp3) is 0.350. The van der Waals surface area contributed by atoms with Gasteiger partial charge in [-0.15, -0.1) is 0 Å². The second kappa shape index (κ2) is 9.06. The van der Waals surface area contributed by atoms with Crippen molar-refractivity contribution in [2.24, 2.45) is 0 Å². The van der Waals surface area contributed by atoms with Gasteiger partial charge in [0.2, 0.25) is 5.88 Å². The third-order valence-corrected chi connectivity index (χ3v) is 4.99. The predicted octanol–water partition coefficient (Wildman–Crippen LogP) is 0.582. The summed E-state index contributed by atoms with van der Waals surface area (Å²) in [4.78, 5) is 28.5. The largest absolute Gasteiger partial charge is 0.550 e. The molecule has 1 fully saturated rings. The molecule has 1 N–H and O–H groups in total. The highest BCUT2D eigenvalue weighted by atomic mass is 32.1. The van der Waals surface area contributed by atoms with E-state index >= 15 is 0 Å². The molecule has 3 rings (SSSR count). The summed E-state index contributed by atoms with van der Waals surface area (Å²) in [5.74, 6) is -0.396. The number of amides is 1. The Kier molecular flexibility index (Phi) is 6.50. The van der Waals surface area contributed by atoms with Gasteiger partial charge in [-0.05, 0) is 36.8 Å². The van der Waals surface area contributed by atoms with Crippen LogP contribution in [0.2, 0.25) is 0 Å². The molecular weight excluding hydrogens is 394 g/mol. The topological polar surface area (TPSA) is 96.4 Å². The molecule has 0 radical (unpaired) electrons. The van der Waals surface area contributed by atoms with Gasteiger partial charge in [-0.25, -0.2) is 0 Å². The van der Waals surface area contributed by atoms with Crippen LogP contribution in [-0.2, 0) is 9.59 Å². The summed E-state index contributed by atoms with van der Waals surface area (Å²) in [6, 6.07) is 7.27. The number of hydrogen-bond acceptors (Lipinski definition) is 7. The van der Waals surface area contributed by atoms with Crippen LogP contribution in [0.4, 0.5) is 5.69 Å². The summed E-state index contributed by atoms with van der Waals surface area (Å²) in [6.07, 6.45) is 3.79. The number of carbonyl (C=O) groups is 2. The van der Waals surface area contributed by atoms with Crippen molar-refractivity contribution in [2.75, 3.05) is 31.1 Å². The summed E-state index contributed by atoms with van der Waals surface area (Å²) < 4.78 is 5.85. The predicted molar refractivity (Wildman–Crippen MR) is 109 cm³/mol. The van der Waals surface area contributed by atoms with E-state index in [0.29, 0.717) is 29.0 Å². The standard InChI is InChI=1S/C20H23N3O5S/c1-2-10-23-19(27)15(22(12-13-24)20(23)29)7-8-17-21(11-9-18(25)26)14-5-3-4-6-16(14)28-17/h3-8,24H,2,9-13H2,1H3,(H,25,26)/p-1/b15-7+,17-8-. The number of carboxylic acid groups (broad SMARTS) is 1. The number of rotatable bonds is 8. The number of ether oxygens (including phenoxy) is 1. The first-order valence-corrected chi connectivity index (χ1v) is 9.79. The Bertz CT molecular complexity index is 883. The number of para-hydroxylation sites is 2. The molecule has 0 unspecified atom stereocenters. The Morgan fingerprint density at radius 2 is 1.93 bits per heavy atom. The van der Waals surface area contributed by atoms with Crippen molar-refractivity contribution in [2.45, 2.75) is 19.8 Å². The first kappa shape index (κ1) is 20.8. The van der Waals surface area contributed by atoms with E-state index in [1.807, 2.05) is 25.1 Å². The Labute approximate surface area is 174 Å². The van der Waals surface area contributed by atoms with Crippen LogP contribution < -0.4 is 14.7 Å². The molecule has 1 amide bonds. The number of β-amino-alcohol motifs (C(OH)–C–C–N with tert-alkyl or cyclic N) is 1. The van der Waals surface area contributed by atoms with Gasteiger partial charge in [0.05, 0.1) is 12.3 Å². The Morgan fingerprint density at radius 1 is 1.17 bits per heavy atom. The monoisotopic (exact) mass is 416 g/mol. The highest BCUT2D eigenvalue weighted by Gasteiger charge is 2.37. The van der Waals surface area contributed by atoms with E-state index in [1.54, 1.807) is 28.0 Å². The maximum atomic E-state index is 12.8. The molecule has 1 saturated heterocycles. The number of fused-ring (bicyclic) bond motifs is 1. The van der Waals surface area contributed by atoms with E-state index in [2.05, 4.69) is 0 Å². The van der Waals surface area contributed by atoms with E-state index in [1.165, 1.54) is 4.90 Å². The summed E-state index contributed by atoms with van der Waals surface area (Å²) in [5.41, 5.74) is 1.08. The molecule has 0 atom stereocenters. The van der Waals surface area contributed by atoms with Crippen LogP contribution in [0.3, 0.4) is 0 Å². The van der Waals surface area contributed by atoms with Crippen LogP contribution in [0.1, 0.15) is 19.8 Å². The van der Waals surface area contributed by atoms with Crippen LogP contribution in [0.25, 0.3) is 0 Å². The van der Waals surface area contributed by atoms with Gasteiger partial charge in [0, 0.05) is 38.1 Å². The summed E-state index contributed by atoms with van der Waals surface area (Å²) in [5, 5.41) is 20.6. The van der Waals surface area contributed by atoms with Crippen LogP contribution in [0, 0.1) is 0 Å². The lowest BCUT2D eigenvalue weighted by Crippen LogP contribution is -2.34. The second-order valence-corrected chi connectivity index (χ2v) is 6.88. The molecule has 0 spiro atoms. The van der Waals surface area contributed by atoms with E-state index in [4.69, 9.17) is 17.0 Å². The van der Waals surface area contributed by atoms with Crippen LogP contribution in [0.15, 0.2) is 48.0 Å². The van der Waals surface area contributed by atoms with Gasteiger partial charge in [0.1, 0.15) is 5.70 Å². The number of nitrogens with zero attached hydrogens (tertiary/aromatic N) is 3. The average molecular weight is 416 g/mol. The highest BCUT2D eigenvalue weighted by Crippen LogP contribution is 2.38. The van der Waals surface area contributed by atoms with Crippen molar-refractivity contribution in [1.29, 1.82) is 0 Å². The minimum atomic E-state index is -1.16. The number of carboxylic acids is 1. The fourth-order valence-electron chi connectivity index (χ4n) is 3.25. The third-order valence-electron chi connectivity index (χ3n) is 4.55. The quantitative estimate of drug-likeness (QED) is 0.486. The number of aliphatic carboxylic acids is 1. The van der Waals surface area contributed by atoms with Gasteiger partial charge >= 0.3 is 0 Å². The van der Waals surface area contributed by atoms with E-state index in [9.17, 15) is 19.8 Å². The van der Waals surface area contributed by atoms with E-state index < -0.39 is 5.97 Å². The number of allylic oxidation sites excluding steroid dienone is 2. The van der Waals surface area contributed by atoms with Crippen molar-refractivity contribution in [1.82, 2.24) is 9.80 Å². The highest BCUT2D eigenvalue weighted by molar-refractivity contribution is 7.80. The molecule has 2 aliphatic rings. The lowest BCUT2D eigenvalue weighted by atomic mass is 10.2. The molecule has 2 heterocycles. The van der Waals surface area contributed by atoms with Gasteiger partial charge in [0.15, 0.2) is 10.9 Å². The van der Waals surface area contributed by atoms with Crippen molar-refractivity contribution in [3.8, 4) is 5.75 Å². The minimum absolute atomic E-state index is 0.152. The normalized spacial score (nSPS) is 18.8. The van der Waals surface area contributed by atoms with Gasteiger partial charge in [-0.3, -0.25) is 9.69 Å². The smallest absolute Gasteiger partial charge is 0.276 e. The van der Waals surface area contributed by atoms with Gasteiger partial charge < -0.3 is 29.5 Å². The molecule has 0 bridgehead atoms. The van der Waals surface area contributed by atoms with E-state index in [-0.39, 0.29) is 32.0 Å². The summed E-state index contributed by atoms with van der Waals surface area (Å²) >= 11 is 5.39. The van der Waals surface area contributed by atoms with Crippen molar-refractivity contribution < 1.29 is 24.5 Å². The Balaban J connectivity index is 1.92. The number of carbonyl (C=O) groups excluding carboxylic acids is 2. The van der Waals surface area contributed by atoms with E-state index in [0.717, 1.165) is 12.1 Å². The van der Waals surface area contributed by atoms with Crippen molar-refractivity contribution in [3.63, 3.8) is 0 Å². The van der Waals surface area contributed by atoms with Gasteiger partial charge in [0.25, 0.3) is 5.91 Å². The molecule has 1 aromatic carbocycles. The molecule has 29 heavy (non-hydrogen) atoms. The number of anilines is 1. The lowest BCUT2D eigenvalue weighted by molar-refractivity contribution is -0.305. The minimum Gasteiger partial charge on any atom is -0.550 e. The molecule has 9 heteroatoms. The first-order valence-electron chi connectivity index (χ1n) is 9.38. The molecule has 8 nitrogen and oxygen atoms in total. The summed E-state index contributed by atoms with van der Waals surface area (Å²) in [7, 11) is 0. The van der Waals surface area contributed by atoms with Gasteiger partial charge in [-0.2, -0.15) is 0 Å². The molecular formula is C20H22N3O5S-. The van der Waals surface area contributed by atoms with Crippen molar-refractivity contribution >= 4 is 34.9 Å². The number of benzene rings is 1. The Hall–Kier alpha value is -2.91. The zero-order valence-corrected chi connectivity index (χ0v) is 16.9. The maximum absolute atomic E-state index is 12.8. The number of thiocarbonyl (C=S) groups is 1. The average Bonchev–Trinajstić information content (AvgIpc) is 3.16.